The predicted molar refractivity (Wildman–Crippen MR) is 106 cm³/mol. The third kappa shape index (κ3) is 4.08. The molecule has 6 heteroatoms. The Labute approximate surface area is 156 Å². The lowest BCUT2D eigenvalue weighted by atomic mass is 10.0. The van der Waals surface area contributed by atoms with Crippen molar-refractivity contribution in [1.29, 1.82) is 0 Å². The SMILES string of the molecule is CC(=O)NC(C(=O)Nc1ccc(-c2nc3ccccc3s2)cc1)C(C)C. The lowest BCUT2D eigenvalue weighted by Crippen LogP contribution is -2.46. The summed E-state index contributed by atoms with van der Waals surface area (Å²) in [5, 5.41) is 6.50. The van der Waals surface area contributed by atoms with Crippen LogP contribution in [0.2, 0.25) is 0 Å². The van der Waals surface area contributed by atoms with Crippen molar-refractivity contribution in [2.75, 3.05) is 5.32 Å². The van der Waals surface area contributed by atoms with Gasteiger partial charge in [-0.3, -0.25) is 9.59 Å². The first-order valence-electron chi connectivity index (χ1n) is 8.48. The Morgan fingerprint density at radius 3 is 2.35 bits per heavy atom. The van der Waals surface area contributed by atoms with Gasteiger partial charge in [0.25, 0.3) is 0 Å². The van der Waals surface area contributed by atoms with Gasteiger partial charge >= 0.3 is 0 Å². The third-order valence-corrected chi connectivity index (χ3v) is 5.09. The minimum Gasteiger partial charge on any atom is -0.344 e. The molecule has 0 saturated heterocycles. The zero-order chi connectivity index (χ0) is 18.7. The average Bonchev–Trinajstić information content (AvgIpc) is 3.04. The summed E-state index contributed by atoms with van der Waals surface area (Å²) >= 11 is 1.64. The maximum Gasteiger partial charge on any atom is 0.247 e. The van der Waals surface area contributed by atoms with Crippen LogP contribution >= 0.6 is 11.3 Å². The van der Waals surface area contributed by atoms with E-state index in [0.29, 0.717) is 5.69 Å². The van der Waals surface area contributed by atoms with E-state index >= 15 is 0 Å². The molecule has 26 heavy (non-hydrogen) atoms. The maximum absolute atomic E-state index is 12.4. The zero-order valence-corrected chi connectivity index (χ0v) is 15.8. The molecule has 134 valence electrons. The molecule has 2 amide bonds. The van der Waals surface area contributed by atoms with Gasteiger partial charge in [0.05, 0.1) is 10.2 Å². The fourth-order valence-electron chi connectivity index (χ4n) is 2.67. The van der Waals surface area contributed by atoms with Crippen molar-refractivity contribution < 1.29 is 9.59 Å². The molecule has 0 bridgehead atoms. The minimum absolute atomic E-state index is 0.000853. The molecular weight excluding hydrogens is 346 g/mol. The Bertz CT molecular complexity index is 899. The molecule has 3 rings (SSSR count). The number of benzene rings is 2. The normalized spacial score (nSPS) is 12.2. The van der Waals surface area contributed by atoms with E-state index in [1.807, 2.05) is 56.3 Å². The monoisotopic (exact) mass is 367 g/mol. The van der Waals surface area contributed by atoms with Gasteiger partial charge in [-0.2, -0.15) is 0 Å². The van der Waals surface area contributed by atoms with E-state index in [0.717, 1.165) is 20.8 Å². The van der Waals surface area contributed by atoms with Gasteiger partial charge in [0.2, 0.25) is 11.8 Å². The van der Waals surface area contributed by atoms with Crippen LogP contribution in [0.15, 0.2) is 48.5 Å². The molecule has 0 aliphatic carbocycles. The highest BCUT2D eigenvalue weighted by molar-refractivity contribution is 7.21. The smallest absolute Gasteiger partial charge is 0.247 e. The third-order valence-electron chi connectivity index (χ3n) is 4.00. The first-order valence-corrected chi connectivity index (χ1v) is 9.29. The quantitative estimate of drug-likeness (QED) is 0.714. The van der Waals surface area contributed by atoms with Crippen LogP contribution in [0.25, 0.3) is 20.8 Å². The molecule has 3 aromatic rings. The van der Waals surface area contributed by atoms with Crippen LogP contribution in [0, 0.1) is 5.92 Å². The van der Waals surface area contributed by atoms with Crippen LogP contribution < -0.4 is 10.6 Å². The molecule has 2 N–H and O–H groups in total. The van der Waals surface area contributed by atoms with Crippen LogP contribution in [0.1, 0.15) is 20.8 Å². The van der Waals surface area contributed by atoms with Gasteiger partial charge < -0.3 is 10.6 Å². The summed E-state index contributed by atoms with van der Waals surface area (Å²) in [6, 6.07) is 15.1. The van der Waals surface area contributed by atoms with Gasteiger partial charge in [0.1, 0.15) is 11.0 Å². The van der Waals surface area contributed by atoms with Crippen LogP contribution in [-0.2, 0) is 9.59 Å². The molecule has 5 nitrogen and oxygen atoms in total. The van der Waals surface area contributed by atoms with Crippen molar-refractivity contribution in [2.24, 2.45) is 5.92 Å². The van der Waals surface area contributed by atoms with E-state index in [9.17, 15) is 9.59 Å². The van der Waals surface area contributed by atoms with Crippen LogP contribution in [0.3, 0.4) is 0 Å². The molecule has 0 spiro atoms. The lowest BCUT2D eigenvalue weighted by Gasteiger charge is -2.20. The maximum atomic E-state index is 12.4. The highest BCUT2D eigenvalue weighted by Crippen LogP contribution is 2.30. The van der Waals surface area contributed by atoms with Crippen molar-refractivity contribution in [2.45, 2.75) is 26.8 Å². The van der Waals surface area contributed by atoms with Crippen molar-refractivity contribution in [1.82, 2.24) is 10.3 Å². The molecule has 0 fully saturated rings. The first-order chi connectivity index (χ1) is 12.4. The van der Waals surface area contributed by atoms with Crippen molar-refractivity contribution in [3.05, 3.63) is 48.5 Å². The summed E-state index contributed by atoms with van der Waals surface area (Å²) in [6.45, 7) is 5.21. The second kappa shape index (κ2) is 7.66. The first kappa shape index (κ1) is 18.1. The molecule has 1 atom stereocenters. The number of aromatic nitrogens is 1. The van der Waals surface area contributed by atoms with Crippen LogP contribution in [-0.4, -0.2) is 22.8 Å². The molecule has 0 radical (unpaired) electrons. The summed E-state index contributed by atoms with van der Waals surface area (Å²) < 4.78 is 1.15. The molecule has 0 aliphatic heterocycles. The van der Waals surface area contributed by atoms with Gasteiger partial charge in [0, 0.05) is 18.2 Å². The Morgan fingerprint density at radius 1 is 1.04 bits per heavy atom. The van der Waals surface area contributed by atoms with E-state index in [4.69, 9.17) is 0 Å². The number of thiazole rings is 1. The Morgan fingerprint density at radius 2 is 1.73 bits per heavy atom. The van der Waals surface area contributed by atoms with E-state index in [-0.39, 0.29) is 17.7 Å². The molecule has 1 unspecified atom stereocenters. The van der Waals surface area contributed by atoms with E-state index in [1.54, 1.807) is 11.3 Å². The summed E-state index contributed by atoms with van der Waals surface area (Å²) in [5.41, 5.74) is 2.68. The number of hydrogen-bond acceptors (Lipinski definition) is 4. The van der Waals surface area contributed by atoms with Gasteiger partial charge in [-0.15, -0.1) is 11.3 Å². The fraction of sp³-hybridized carbons (Fsp3) is 0.250. The predicted octanol–water partition coefficient (Wildman–Crippen LogP) is 4.06. The standard InChI is InChI=1S/C20H21N3O2S/c1-12(2)18(21-13(3)24)19(25)22-15-10-8-14(9-11-15)20-23-16-6-4-5-7-17(16)26-20/h4-12,18H,1-3H3,(H,21,24)(H,22,25). The number of anilines is 1. The number of nitrogens with zero attached hydrogens (tertiary/aromatic N) is 1. The minimum atomic E-state index is -0.559. The highest BCUT2D eigenvalue weighted by Gasteiger charge is 2.23. The highest BCUT2D eigenvalue weighted by atomic mass is 32.1. The number of para-hydroxylation sites is 1. The summed E-state index contributed by atoms with van der Waals surface area (Å²) in [5.74, 6) is -0.436. The van der Waals surface area contributed by atoms with Gasteiger partial charge in [-0.25, -0.2) is 4.98 Å². The lowest BCUT2D eigenvalue weighted by molar-refractivity contribution is -0.126. The van der Waals surface area contributed by atoms with Gasteiger partial charge in [-0.1, -0.05) is 26.0 Å². The number of nitrogens with one attached hydrogen (secondary N) is 2. The number of fused-ring (bicyclic) bond motifs is 1. The summed E-state index contributed by atoms with van der Waals surface area (Å²) in [7, 11) is 0. The molecule has 1 heterocycles. The number of carbonyl (C=O) groups excluding carboxylic acids is 2. The molecular formula is C20H21N3O2S. The molecule has 1 aromatic heterocycles. The Kier molecular flexibility index (Phi) is 5.32. The molecule has 0 aliphatic rings. The van der Waals surface area contributed by atoms with Crippen LogP contribution in [0.4, 0.5) is 5.69 Å². The number of rotatable bonds is 5. The van der Waals surface area contributed by atoms with E-state index < -0.39 is 6.04 Å². The molecule has 0 saturated carbocycles. The van der Waals surface area contributed by atoms with Crippen molar-refractivity contribution >= 4 is 39.1 Å². The fourth-order valence-corrected chi connectivity index (χ4v) is 3.64. The molecule has 2 aromatic carbocycles. The number of hydrogen-bond donors (Lipinski definition) is 2. The van der Waals surface area contributed by atoms with Crippen molar-refractivity contribution in [3.63, 3.8) is 0 Å². The van der Waals surface area contributed by atoms with E-state index in [1.165, 1.54) is 6.92 Å². The topological polar surface area (TPSA) is 71.1 Å². The summed E-state index contributed by atoms with van der Waals surface area (Å²) in [6.07, 6.45) is 0. The largest absolute Gasteiger partial charge is 0.344 e. The van der Waals surface area contributed by atoms with Crippen LogP contribution in [0.5, 0.6) is 0 Å². The van der Waals surface area contributed by atoms with E-state index in [2.05, 4.69) is 21.7 Å². The Balaban J connectivity index is 1.74. The van der Waals surface area contributed by atoms with Gasteiger partial charge in [0.15, 0.2) is 0 Å². The zero-order valence-electron chi connectivity index (χ0n) is 14.9. The number of amides is 2. The Hall–Kier alpha value is -2.73. The van der Waals surface area contributed by atoms with Crippen molar-refractivity contribution in [3.8, 4) is 10.6 Å². The average molecular weight is 367 g/mol. The second-order valence-electron chi connectivity index (χ2n) is 6.48. The summed E-state index contributed by atoms with van der Waals surface area (Å²) in [4.78, 5) is 28.4. The number of carbonyl (C=O) groups is 2. The van der Waals surface area contributed by atoms with Gasteiger partial charge in [-0.05, 0) is 42.3 Å². The second-order valence-corrected chi connectivity index (χ2v) is 7.51.